The molecule has 4 heteroatoms. The van der Waals surface area contributed by atoms with Crippen LogP contribution in [0.5, 0.6) is 0 Å². The first kappa shape index (κ1) is 12.2. The maximum Gasteiger partial charge on any atom is 0.0534 e. The van der Waals surface area contributed by atoms with Crippen molar-refractivity contribution in [1.29, 1.82) is 0 Å². The first-order valence-corrected chi connectivity index (χ1v) is 5.48. The monoisotopic (exact) mass is 210 g/mol. The SMILES string of the molecule is CCC(N)C(C)N(C)Cc1cnn(C)c1. The van der Waals surface area contributed by atoms with E-state index in [0.717, 1.165) is 13.0 Å². The molecule has 0 aliphatic rings. The van der Waals surface area contributed by atoms with E-state index in [1.54, 1.807) is 0 Å². The largest absolute Gasteiger partial charge is 0.326 e. The Bertz CT molecular complexity index is 295. The molecule has 0 fully saturated rings. The van der Waals surface area contributed by atoms with Crippen LogP contribution in [-0.4, -0.2) is 33.8 Å². The molecule has 0 spiro atoms. The number of aryl methyl sites for hydroxylation is 1. The predicted octanol–water partition coefficient (Wildman–Crippen LogP) is 0.978. The van der Waals surface area contributed by atoms with E-state index in [1.165, 1.54) is 5.56 Å². The summed E-state index contributed by atoms with van der Waals surface area (Å²) in [4.78, 5) is 2.27. The van der Waals surface area contributed by atoms with Gasteiger partial charge in [0.25, 0.3) is 0 Å². The molecule has 15 heavy (non-hydrogen) atoms. The minimum atomic E-state index is 0.242. The molecule has 2 unspecified atom stereocenters. The van der Waals surface area contributed by atoms with Gasteiger partial charge in [-0.05, 0) is 20.4 Å². The van der Waals surface area contributed by atoms with Crippen LogP contribution in [0.15, 0.2) is 12.4 Å². The van der Waals surface area contributed by atoms with Crippen molar-refractivity contribution < 1.29 is 0 Å². The summed E-state index contributed by atoms with van der Waals surface area (Å²) in [7, 11) is 4.04. The summed E-state index contributed by atoms with van der Waals surface area (Å²) in [5, 5.41) is 4.15. The number of rotatable bonds is 5. The smallest absolute Gasteiger partial charge is 0.0534 e. The molecule has 0 radical (unpaired) electrons. The van der Waals surface area contributed by atoms with Crippen LogP contribution in [0.3, 0.4) is 0 Å². The summed E-state index contributed by atoms with van der Waals surface area (Å²) in [6.07, 6.45) is 4.96. The molecule has 1 rings (SSSR count). The molecule has 86 valence electrons. The number of likely N-dealkylation sites (N-methyl/N-ethyl adjacent to an activating group) is 1. The molecule has 0 saturated heterocycles. The van der Waals surface area contributed by atoms with Crippen LogP contribution < -0.4 is 5.73 Å². The lowest BCUT2D eigenvalue weighted by Gasteiger charge is -2.28. The predicted molar refractivity (Wildman–Crippen MR) is 62.4 cm³/mol. The summed E-state index contributed by atoms with van der Waals surface area (Å²) in [6, 6.07) is 0.641. The van der Waals surface area contributed by atoms with Gasteiger partial charge in [0, 0.05) is 37.4 Å². The van der Waals surface area contributed by atoms with Gasteiger partial charge in [-0.25, -0.2) is 0 Å². The number of hydrogen-bond donors (Lipinski definition) is 1. The van der Waals surface area contributed by atoms with E-state index in [1.807, 2.05) is 24.1 Å². The minimum absolute atomic E-state index is 0.242. The second kappa shape index (κ2) is 5.28. The van der Waals surface area contributed by atoms with Crippen LogP contribution in [-0.2, 0) is 13.6 Å². The molecular formula is C11H22N4. The van der Waals surface area contributed by atoms with Crippen LogP contribution in [0.4, 0.5) is 0 Å². The molecule has 1 aromatic rings. The Balaban J connectivity index is 2.51. The second-order valence-corrected chi connectivity index (χ2v) is 4.25. The quantitative estimate of drug-likeness (QED) is 0.788. The summed E-state index contributed by atoms with van der Waals surface area (Å²) < 4.78 is 1.83. The Labute approximate surface area is 92.1 Å². The van der Waals surface area contributed by atoms with E-state index < -0.39 is 0 Å². The lowest BCUT2D eigenvalue weighted by Crippen LogP contribution is -2.43. The van der Waals surface area contributed by atoms with Gasteiger partial charge in [0.05, 0.1) is 6.20 Å². The highest BCUT2D eigenvalue weighted by atomic mass is 15.2. The zero-order valence-electron chi connectivity index (χ0n) is 10.1. The number of nitrogens with two attached hydrogens (primary N) is 1. The van der Waals surface area contributed by atoms with Crippen LogP contribution in [0.1, 0.15) is 25.8 Å². The van der Waals surface area contributed by atoms with Crippen molar-refractivity contribution >= 4 is 0 Å². The topological polar surface area (TPSA) is 47.1 Å². The van der Waals surface area contributed by atoms with Gasteiger partial charge in [0.2, 0.25) is 0 Å². The molecule has 0 amide bonds. The van der Waals surface area contributed by atoms with Gasteiger partial charge >= 0.3 is 0 Å². The van der Waals surface area contributed by atoms with E-state index in [0.29, 0.717) is 6.04 Å². The van der Waals surface area contributed by atoms with Gasteiger partial charge in [-0.1, -0.05) is 6.92 Å². The standard InChI is InChI=1S/C11H22N4/c1-5-11(12)9(2)14(3)7-10-6-13-15(4)8-10/h6,8-9,11H,5,7,12H2,1-4H3. The van der Waals surface area contributed by atoms with Crippen molar-refractivity contribution in [3.05, 3.63) is 18.0 Å². The van der Waals surface area contributed by atoms with Gasteiger partial charge in [-0.2, -0.15) is 5.10 Å². The fourth-order valence-electron chi connectivity index (χ4n) is 1.65. The maximum atomic E-state index is 6.01. The van der Waals surface area contributed by atoms with Gasteiger partial charge in [-0.3, -0.25) is 9.58 Å². The second-order valence-electron chi connectivity index (χ2n) is 4.25. The van der Waals surface area contributed by atoms with Gasteiger partial charge in [-0.15, -0.1) is 0 Å². The van der Waals surface area contributed by atoms with Crippen molar-refractivity contribution in [3.8, 4) is 0 Å². The first-order valence-electron chi connectivity index (χ1n) is 5.48. The van der Waals surface area contributed by atoms with E-state index in [2.05, 4.69) is 30.9 Å². The Kier molecular flexibility index (Phi) is 4.29. The van der Waals surface area contributed by atoms with E-state index in [4.69, 9.17) is 5.73 Å². The Morgan fingerprint density at radius 2 is 2.27 bits per heavy atom. The molecule has 0 aliphatic heterocycles. The molecule has 1 heterocycles. The molecule has 0 aliphatic carbocycles. The summed E-state index contributed by atoms with van der Waals surface area (Å²) in [6.45, 7) is 5.20. The van der Waals surface area contributed by atoms with Crippen LogP contribution >= 0.6 is 0 Å². The average molecular weight is 210 g/mol. The Morgan fingerprint density at radius 1 is 1.60 bits per heavy atom. The molecular weight excluding hydrogens is 188 g/mol. The van der Waals surface area contributed by atoms with Crippen LogP contribution in [0, 0.1) is 0 Å². The zero-order chi connectivity index (χ0) is 11.4. The molecule has 1 aromatic heterocycles. The molecule has 2 atom stereocenters. The Morgan fingerprint density at radius 3 is 2.73 bits per heavy atom. The highest BCUT2D eigenvalue weighted by Gasteiger charge is 2.16. The third-order valence-corrected chi connectivity index (χ3v) is 2.98. The molecule has 4 nitrogen and oxygen atoms in total. The van der Waals surface area contributed by atoms with E-state index in [9.17, 15) is 0 Å². The first-order chi connectivity index (χ1) is 7.04. The van der Waals surface area contributed by atoms with Crippen LogP contribution in [0.2, 0.25) is 0 Å². The van der Waals surface area contributed by atoms with Gasteiger partial charge < -0.3 is 5.73 Å². The molecule has 2 N–H and O–H groups in total. The summed E-state index contributed by atoms with van der Waals surface area (Å²) in [5.41, 5.74) is 7.25. The van der Waals surface area contributed by atoms with Crippen molar-refractivity contribution in [3.63, 3.8) is 0 Å². The van der Waals surface area contributed by atoms with Gasteiger partial charge in [0.1, 0.15) is 0 Å². The third-order valence-electron chi connectivity index (χ3n) is 2.98. The normalized spacial score (nSPS) is 15.6. The van der Waals surface area contributed by atoms with E-state index in [-0.39, 0.29) is 6.04 Å². The lowest BCUT2D eigenvalue weighted by atomic mass is 10.1. The molecule has 0 saturated carbocycles. The van der Waals surface area contributed by atoms with Crippen molar-refractivity contribution in [2.24, 2.45) is 12.8 Å². The van der Waals surface area contributed by atoms with Gasteiger partial charge in [0.15, 0.2) is 0 Å². The molecule has 0 bridgehead atoms. The Hall–Kier alpha value is -0.870. The number of nitrogens with zero attached hydrogens (tertiary/aromatic N) is 3. The third kappa shape index (κ3) is 3.32. The lowest BCUT2D eigenvalue weighted by molar-refractivity contribution is 0.215. The maximum absolute atomic E-state index is 6.01. The van der Waals surface area contributed by atoms with Crippen LogP contribution in [0.25, 0.3) is 0 Å². The fraction of sp³-hybridized carbons (Fsp3) is 0.727. The number of aromatic nitrogens is 2. The van der Waals surface area contributed by atoms with Crippen molar-refractivity contribution in [2.75, 3.05) is 7.05 Å². The zero-order valence-corrected chi connectivity index (χ0v) is 10.1. The summed E-state index contributed by atoms with van der Waals surface area (Å²) in [5.74, 6) is 0. The highest BCUT2D eigenvalue weighted by molar-refractivity contribution is 5.03. The average Bonchev–Trinajstić information content (AvgIpc) is 2.61. The minimum Gasteiger partial charge on any atom is -0.326 e. The highest BCUT2D eigenvalue weighted by Crippen LogP contribution is 2.08. The van der Waals surface area contributed by atoms with E-state index >= 15 is 0 Å². The summed E-state index contributed by atoms with van der Waals surface area (Å²) >= 11 is 0. The van der Waals surface area contributed by atoms with Crippen molar-refractivity contribution in [2.45, 2.75) is 38.9 Å². The van der Waals surface area contributed by atoms with Crippen molar-refractivity contribution in [1.82, 2.24) is 14.7 Å². The number of hydrogen-bond acceptors (Lipinski definition) is 3. The fourth-order valence-corrected chi connectivity index (χ4v) is 1.65. The molecule has 0 aromatic carbocycles.